The second-order valence-corrected chi connectivity index (χ2v) is 10.7. The molecule has 1 aromatic carbocycles. The van der Waals surface area contributed by atoms with Crippen LogP contribution in [0.15, 0.2) is 35.2 Å². The number of sulfonamides is 1. The van der Waals surface area contributed by atoms with Gasteiger partial charge in [-0.25, -0.2) is 8.42 Å². The van der Waals surface area contributed by atoms with Gasteiger partial charge in [0.05, 0.1) is 0 Å². The summed E-state index contributed by atoms with van der Waals surface area (Å²) in [5.41, 5.74) is 3.37. The van der Waals surface area contributed by atoms with Crippen LogP contribution in [0.4, 0.5) is 5.69 Å². The molecule has 4 rings (SSSR count). The van der Waals surface area contributed by atoms with E-state index in [1.165, 1.54) is 5.56 Å². The molecule has 2 fully saturated rings. The van der Waals surface area contributed by atoms with E-state index in [-0.39, 0.29) is 16.8 Å². The lowest BCUT2D eigenvalue weighted by molar-refractivity contribution is 0.0783. The van der Waals surface area contributed by atoms with Gasteiger partial charge in [0.1, 0.15) is 10.6 Å². The average Bonchev–Trinajstić information content (AvgIpc) is 3.37. The number of aryl methyl sites for hydroxylation is 1. The standard InChI is InChI=1S/C23H32N4O3S/c1-17-8-7-9-20(14-17)27-13-12-26(16-18(27)2)31(29,30)22-15-21(24(4)19(22)3)23(28)25-10-5-6-11-25/h7-9,14-15,18H,5-6,10-13,16H2,1-4H3/t18-/m1/s1. The quantitative estimate of drug-likeness (QED) is 0.727. The fraction of sp³-hybridized carbons (Fsp3) is 0.522. The first-order valence-electron chi connectivity index (χ1n) is 11.0. The van der Waals surface area contributed by atoms with Crippen LogP contribution < -0.4 is 4.90 Å². The molecular weight excluding hydrogens is 412 g/mol. The summed E-state index contributed by atoms with van der Waals surface area (Å²) in [5.74, 6) is -0.0813. The highest BCUT2D eigenvalue weighted by Gasteiger charge is 2.35. The van der Waals surface area contributed by atoms with Gasteiger partial charge in [-0.1, -0.05) is 12.1 Å². The first-order chi connectivity index (χ1) is 14.7. The monoisotopic (exact) mass is 444 g/mol. The normalized spacial score (nSPS) is 20.5. The van der Waals surface area contributed by atoms with Crippen LogP contribution in [0, 0.1) is 13.8 Å². The van der Waals surface area contributed by atoms with Gasteiger partial charge >= 0.3 is 0 Å². The maximum absolute atomic E-state index is 13.5. The molecule has 1 atom stereocenters. The lowest BCUT2D eigenvalue weighted by Gasteiger charge is -2.40. The Kier molecular flexibility index (Phi) is 5.87. The first-order valence-corrected chi connectivity index (χ1v) is 12.4. The van der Waals surface area contributed by atoms with E-state index in [1.54, 1.807) is 28.9 Å². The lowest BCUT2D eigenvalue weighted by atomic mass is 10.1. The molecule has 2 aliphatic rings. The fourth-order valence-corrected chi connectivity index (χ4v) is 6.47. The van der Waals surface area contributed by atoms with E-state index in [0.29, 0.717) is 31.0 Å². The molecule has 168 valence electrons. The number of aromatic nitrogens is 1. The number of amides is 1. The largest absolute Gasteiger partial charge is 0.366 e. The van der Waals surface area contributed by atoms with Crippen molar-refractivity contribution in [3.8, 4) is 0 Å². The van der Waals surface area contributed by atoms with Crippen LogP contribution in [-0.4, -0.2) is 66.9 Å². The third kappa shape index (κ3) is 3.99. The molecule has 2 saturated heterocycles. The van der Waals surface area contributed by atoms with Crippen molar-refractivity contribution < 1.29 is 13.2 Å². The Bertz CT molecular complexity index is 1090. The molecule has 0 radical (unpaired) electrons. The first kappa shape index (κ1) is 21.9. The third-order valence-electron chi connectivity index (χ3n) is 6.64. The fourth-order valence-electron chi connectivity index (χ4n) is 4.69. The second kappa shape index (κ2) is 8.31. The molecule has 7 nitrogen and oxygen atoms in total. The molecule has 3 heterocycles. The van der Waals surface area contributed by atoms with Crippen LogP contribution in [0.3, 0.4) is 0 Å². The third-order valence-corrected chi connectivity index (χ3v) is 8.62. The van der Waals surface area contributed by atoms with Gasteiger partial charge in [0.15, 0.2) is 0 Å². The Morgan fingerprint density at radius 1 is 1.03 bits per heavy atom. The summed E-state index contributed by atoms with van der Waals surface area (Å²) in [6.07, 6.45) is 2.01. The number of carbonyl (C=O) groups excluding carboxylic acids is 1. The summed E-state index contributed by atoms with van der Waals surface area (Å²) in [6, 6.07) is 9.94. The van der Waals surface area contributed by atoms with Crippen molar-refractivity contribution in [3.05, 3.63) is 47.3 Å². The summed E-state index contributed by atoms with van der Waals surface area (Å²) >= 11 is 0. The number of rotatable bonds is 4. The topological polar surface area (TPSA) is 65.9 Å². The van der Waals surface area contributed by atoms with Gasteiger partial charge < -0.3 is 14.4 Å². The zero-order valence-electron chi connectivity index (χ0n) is 18.8. The maximum Gasteiger partial charge on any atom is 0.270 e. The molecule has 2 aromatic rings. The minimum atomic E-state index is -3.68. The van der Waals surface area contributed by atoms with Gasteiger partial charge in [-0.15, -0.1) is 0 Å². The average molecular weight is 445 g/mol. The van der Waals surface area contributed by atoms with E-state index in [1.807, 2.05) is 11.0 Å². The van der Waals surface area contributed by atoms with Crippen LogP contribution in [0.1, 0.15) is 41.5 Å². The molecule has 0 unspecified atom stereocenters. The highest BCUT2D eigenvalue weighted by Crippen LogP contribution is 2.28. The SMILES string of the molecule is Cc1cccc(N2CCN(S(=O)(=O)c3cc(C(=O)N4CCCC4)n(C)c3C)C[C@H]2C)c1. The molecule has 31 heavy (non-hydrogen) atoms. The molecule has 2 aliphatic heterocycles. The Labute approximate surface area is 185 Å². The number of benzene rings is 1. The summed E-state index contributed by atoms with van der Waals surface area (Å²) in [6.45, 7) is 8.85. The van der Waals surface area contributed by atoms with Gasteiger partial charge in [0.25, 0.3) is 5.91 Å². The van der Waals surface area contributed by atoms with Gasteiger partial charge in [-0.2, -0.15) is 4.31 Å². The molecular formula is C23H32N4O3S. The summed E-state index contributed by atoms with van der Waals surface area (Å²) in [5, 5.41) is 0. The smallest absolute Gasteiger partial charge is 0.270 e. The molecule has 0 bridgehead atoms. The van der Waals surface area contributed by atoms with Crippen molar-refractivity contribution in [1.82, 2.24) is 13.8 Å². The molecule has 0 N–H and O–H groups in total. The van der Waals surface area contributed by atoms with Gasteiger partial charge in [-0.05, 0) is 57.4 Å². The molecule has 8 heteroatoms. The van der Waals surface area contributed by atoms with Crippen LogP contribution in [-0.2, 0) is 17.1 Å². The maximum atomic E-state index is 13.5. The van der Waals surface area contributed by atoms with E-state index in [4.69, 9.17) is 0 Å². The summed E-state index contributed by atoms with van der Waals surface area (Å²) < 4.78 is 30.3. The molecule has 0 spiro atoms. The number of hydrogen-bond acceptors (Lipinski definition) is 4. The highest BCUT2D eigenvalue weighted by atomic mass is 32.2. The van der Waals surface area contributed by atoms with Crippen LogP contribution in [0.25, 0.3) is 0 Å². The molecule has 0 saturated carbocycles. The van der Waals surface area contributed by atoms with Crippen LogP contribution in [0.5, 0.6) is 0 Å². The molecule has 1 aromatic heterocycles. The number of anilines is 1. The molecule has 0 aliphatic carbocycles. The Hall–Kier alpha value is -2.32. The van der Waals surface area contributed by atoms with Crippen molar-refractivity contribution in [3.63, 3.8) is 0 Å². The van der Waals surface area contributed by atoms with Crippen molar-refractivity contribution >= 4 is 21.6 Å². The Morgan fingerprint density at radius 3 is 2.39 bits per heavy atom. The number of hydrogen-bond donors (Lipinski definition) is 0. The van der Waals surface area contributed by atoms with Gasteiger partial charge in [-0.3, -0.25) is 4.79 Å². The number of nitrogens with zero attached hydrogens (tertiary/aromatic N) is 4. The predicted molar refractivity (Wildman–Crippen MR) is 122 cm³/mol. The minimum Gasteiger partial charge on any atom is -0.366 e. The number of piperazine rings is 1. The zero-order chi connectivity index (χ0) is 22.3. The Morgan fingerprint density at radius 2 is 1.74 bits per heavy atom. The van der Waals surface area contributed by atoms with E-state index in [2.05, 4.69) is 36.9 Å². The summed E-state index contributed by atoms with van der Waals surface area (Å²) in [4.78, 5) is 17.2. The second-order valence-electron chi connectivity index (χ2n) is 8.78. The van der Waals surface area contributed by atoms with Crippen LogP contribution >= 0.6 is 0 Å². The van der Waals surface area contributed by atoms with Crippen molar-refractivity contribution in [2.24, 2.45) is 7.05 Å². The van der Waals surface area contributed by atoms with Gasteiger partial charge in [0, 0.05) is 57.2 Å². The minimum absolute atomic E-state index is 0.0556. The highest BCUT2D eigenvalue weighted by molar-refractivity contribution is 7.89. The van der Waals surface area contributed by atoms with E-state index >= 15 is 0 Å². The molecule has 1 amide bonds. The number of likely N-dealkylation sites (tertiary alicyclic amines) is 1. The van der Waals surface area contributed by atoms with Crippen molar-refractivity contribution in [2.75, 3.05) is 37.6 Å². The van der Waals surface area contributed by atoms with E-state index < -0.39 is 10.0 Å². The summed E-state index contributed by atoms with van der Waals surface area (Å²) in [7, 11) is -1.91. The van der Waals surface area contributed by atoms with Gasteiger partial charge in [0.2, 0.25) is 10.0 Å². The predicted octanol–water partition coefficient (Wildman–Crippen LogP) is 2.78. The van der Waals surface area contributed by atoms with E-state index in [0.717, 1.165) is 31.6 Å². The lowest BCUT2D eigenvalue weighted by Crippen LogP contribution is -2.53. The Balaban J connectivity index is 1.56. The van der Waals surface area contributed by atoms with Crippen molar-refractivity contribution in [1.29, 1.82) is 0 Å². The van der Waals surface area contributed by atoms with E-state index in [9.17, 15) is 13.2 Å². The van der Waals surface area contributed by atoms with Crippen molar-refractivity contribution in [2.45, 2.75) is 44.6 Å². The van der Waals surface area contributed by atoms with Crippen LogP contribution in [0.2, 0.25) is 0 Å². The zero-order valence-corrected chi connectivity index (χ0v) is 19.7. The number of carbonyl (C=O) groups is 1.